The number of ketones is 2. The van der Waals surface area contributed by atoms with Gasteiger partial charge in [0.2, 0.25) is 0 Å². The number of esters is 1. The van der Waals surface area contributed by atoms with Gasteiger partial charge in [0.1, 0.15) is 6.61 Å². The molecule has 1 aromatic carbocycles. The van der Waals surface area contributed by atoms with Crippen molar-refractivity contribution in [3.8, 4) is 0 Å². The predicted octanol–water partition coefficient (Wildman–Crippen LogP) is 8.78. The van der Waals surface area contributed by atoms with Crippen molar-refractivity contribution < 1.29 is 19.1 Å². The van der Waals surface area contributed by atoms with Crippen LogP contribution in [0.5, 0.6) is 0 Å². The summed E-state index contributed by atoms with van der Waals surface area (Å²) in [4.78, 5) is 41.4. The minimum atomic E-state index is -0.604. The quantitative estimate of drug-likeness (QED) is 0.312. The summed E-state index contributed by atoms with van der Waals surface area (Å²) in [5.41, 5.74) is 0.391. The highest BCUT2D eigenvalue weighted by molar-refractivity contribution is 9.12. The molecule has 0 bridgehead atoms. The fraction of sp³-hybridized carbons (Fsp3) is 0.649. The van der Waals surface area contributed by atoms with E-state index in [0.29, 0.717) is 10.9 Å². The molecule has 0 spiro atoms. The van der Waals surface area contributed by atoms with Crippen molar-refractivity contribution in [2.75, 3.05) is 0 Å². The Balaban J connectivity index is 1.37. The molecule has 0 aliphatic heterocycles. The molecule has 5 heteroatoms. The van der Waals surface area contributed by atoms with E-state index in [9.17, 15) is 14.4 Å². The number of hydrogen-bond donors (Lipinski definition) is 0. The van der Waals surface area contributed by atoms with E-state index >= 15 is 0 Å². The van der Waals surface area contributed by atoms with Crippen LogP contribution in [0.15, 0.2) is 52.5 Å². The van der Waals surface area contributed by atoms with Crippen LogP contribution in [0.4, 0.5) is 0 Å². The van der Waals surface area contributed by atoms with Crippen LogP contribution in [0.3, 0.4) is 0 Å². The van der Waals surface area contributed by atoms with Crippen molar-refractivity contribution in [3.63, 3.8) is 0 Å². The average molecular weight is 636 g/mol. The molecule has 5 aliphatic carbocycles. The Hall–Kier alpha value is -2.01. The van der Waals surface area contributed by atoms with E-state index in [2.05, 4.69) is 70.5 Å². The Morgan fingerprint density at radius 2 is 1.60 bits per heavy atom. The van der Waals surface area contributed by atoms with Gasteiger partial charge < -0.3 is 4.74 Å². The molecule has 4 nitrogen and oxygen atoms in total. The number of ether oxygens (including phenoxy) is 1. The predicted molar refractivity (Wildman–Crippen MR) is 168 cm³/mol. The van der Waals surface area contributed by atoms with Crippen LogP contribution in [-0.4, -0.2) is 17.5 Å². The Kier molecular flexibility index (Phi) is 6.79. The van der Waals surface area contributed by atoms with Gasteiger partial charge in [-0.1, -0.05) is 83.5 Å². The molecule has 8 atom stereocenters. The fourth-order valence-corrected chi connectivity index (χ4v) is 11.6. The molecule has 0 radical (unpaired) electrons. The molecule has 0 N–H and O–H groups in total. The lowest BCUT2D eigenvalue weighted by Crippen LogP contribution is -2.64. The summed E-state index contributed by atoms with van der Waals surface area (Å²) < 4.78 is 6.56. The van der Waals surface area contributed by atoms with E-state index in [0.717, 1.165) is 44.1 Å². The Morgan fingerprint density at radius 3 is 2.29 bits per heavy atom. The van der Waals surface area contributed by atoms with Crippen LogP contribution in [0.25, 0.3) is 0 Å². The average Bonchev–Trinajstić information content (AvgIpc) is 2.93. The van der Waals surface area contributed by atoms with Crippen LogP contribution in [0, 0.1) is 50.2 Å². The van der Waals surface area contributed by atoms with E-state index in [1.54, 1.807) is 0 Å². The lowest BCUT2D eigenvalue weighted by Gasteiger charge is -2.69. The maximum Gasteiger partial charge on any atom is 0.312 e. The summed E-state index contributed by atoms with van der Waals surface area (Å²) in [7, 11) is 0. The Bertz CT molecular complexity index is 1410. The van der Waals surface area contributed by atoms with Gasteiger partial charge in [0.25, 0.3) is 0 Å². The van der Waals surface area contributed by atoms with Gasteiger partial charge in [-0.05, 0) is 108 Å². The summed E-state index contributed by atoms with van der Waals surface area (Å²) >= 11 is 3.62. The van der Waals surface area contributed by atoms with E-state index in [-0.39, 0.29) is 63.6 Å². The van der Waals surface area contributed by atoms with E-state index in [4.69, 9.17) is 4.74 Å². The van der Waals surface area contributed by atoms with E-state index < -0.39 is 10.8 Å². The molecule has 3 fully saturated rings. The number of hydrogen-bond acceptors (Lipinski definition) is 4. The van der Waals surface area contributed by atoms with Crippen LogP contribution in [0.1, 0.15) is 99.0 Å². The minimum Gasteiger partial charge on any atom is -0.460 e. The number of rotatable bonds is 3. The van der Waals surface area contributed by atoms with E-state index in [1.807, 2.05) is 36.4 Å². The first-order valence-electron chi connectivity index (χ1n) is 15.9. The number of carbonyl (C=O) groups excluding carboxylic acids is 3. The number of allylic oxidation sites excluding steroid dienone is 4. The van der Waals surface area contributed by atoms with Gasteiger partial charge in [-0.2, -0.15) is 0 Å². The van der Waals surface area contributed by atoms with Crippen LogP contribution in [0.2, 0.25) is 0 Å². The van der Waals surface area contributed by atoms with Crippen molar-refractivity contribution in [2.24, 2.45) is 50.2 Å². The van der Waals surface area contributed by atoms with Crippen molar-refractivity contribution in [2.45, 2.75) is 100 Å². The molecule has 3 saturated carbocycles. The molecule has 0 amide bonds. The van der Waals surface area contributed by atoms with Crippen LogP contribution < -0.4 is 0 Å². The maximum absolute atomic E-state index is 14.6. The Morgan fingerprint density at radius 1 is 0.929 bits per heavy atom. The molecule has 0 aromatic heterocycles. The van der Waals surface area contributed by atoms with Gasteiger partial charge >= 0.3 is 5.97 Å². The normalized spacial score (nSPS) is 44.0. The minimum absolute atomic E-state index is 0.0318. The number of Topliss-reactive ketones (excluding diaryl/α,β-unsaturated/α-hetero) is 1. The first-order valence-corrected chi connectivity index (χ1v) is 16.7. The maximum atomic E-state index is 14.6. The van der Waals surface area contributed by atoms with Crippen LogP contribution in [-0.2, 0) is 25.7 Å². The van der Waals surface area contributed by atoms with Gasteiger partial charge in [0, 0.05) is 16.7 Å². The molecule has 5 aliphatic rings. The summed E-state index contributed by atoms with van der Waals surface area (Å²) in [5, 5.41) is 0. The second-order valence-corrected chi connectivity index (χ2v) is 17.0. The first kappa shape index (κ1) is 30.0. The standard InChI is InChI=1S/C37H47BrO4/c1-32(2)27-13-14-36(6)28(35(27,5)21-25(38)30(32)40)19-26(39)29-24-20-34(4,16-15-33(24,3)17-18-37(29,36)7)31(41)42-22-23-11-9-8-10-12-23/h8-12,19,21,24,27,29H,13-18,20,22H2,1-7H3/t24?,27?,29?,33-,34+,35+,36-,37-/m1/s1. The third-order valence-electron chi connectivity index (χ3n) is 13.6. The molecule has 6 rings (SSSR count). The lowest BCUT2D eigenvalue weighted by molar-refractivity contribution is -0.181. The molecule has 226 valence electrons. The number of benzene rings is 1. The molecule has 0 saturated heterocycles. The summed E-state index contributed by atoms with van der Waals surface area (Å²) in [6.45, 7) is 15.9. The van der Waals surface area contributed by atoms with Crippen molar-refractivity contribution in [3.05, 3.63) is 58.1 Å². The van der Waals surface area contributed by atoms with Crippen molar-refractivity contribution >= 4 is 33.5 Å². The highest BCUT2D eigenvalue weighted by Crippen LogP contribution is 2.74. The molecule has 3 unspecified atom stereocenters. The van der Waals surface area contributed by atoms with Crippen molar-refractivity contribution in [1.82, 2.24) is 0 Å². The molecule has 1 aromatic rings. The van der Waals surface area contributed by atoms with Gasteiger partial charge in [-0.15, -0.1) is 0 Å². The highest BCUT2D eigenvalue weighted by Gasteiger charge is 2.69. The van der Waals surface area contributed by atoms with E-state index in [1.165, 1.54) is 5.57 Å². The first-order chi connectivity index (χ1) is 19.5. The fourth-order valence-electron chi connectivity index (χ4n) is 10.6. The zero-order chi connectivity index (χ0) is 30.5. The molecular formula is C37H47BrO4. The number of halogens is 1. The van der Waals surface area contributed by atoms with Gasteiger partial charge in [-0.3, -0.25) is 14.4 Å². The smallest absolute Gasteiger partial charge is 0.312 e. The van der Waals surface area contributed by atoms with Gasteiger partial charge in [0.05, 0.1) is 9.90 Å². The Labute approximate surface area is 260 Å². The van der Waals surface area contributed by atoms with Crippen LogP contribution >= 0.6 is 15.9 Å². The molecule has 42 heavy (non-hydrogen) atoms. The number of fused-ring (bicyclic) bond motifs is 7. The number of carbonyl (C=O) groups is 3. The largest absolute Gasteiger partial charge is 0.460 e. The zero-order valence-corrected chi connectivity index (χ0v) is 28.0. The second-order valence-electron chi connectivity index (χ2n) is 16.2. The monoisotopic (exact) mass is 634 g/mol. The second kappa shape index (κ2) is 9.49. The third-order valence-corrected chi connectivity index (χ3v) is 14.2. The third kappa shape index (κ3) is 4.00. The topological polar surface area (TPSA) is 60.4 Å². The summed E-state index contributed by atoms with van der Waals surface area (Å²) in [5.74, 6) is 0.398. The zero-order valence-electron chi connectivity index (χ0n) is 26.4. The van der Waals surface area contributed by atoms with Gasteiger partial charge in [0.15, 0.2) is 11.6 Å². The van der Waals surface area contributed by atoms with Gasteiger partial charge in [-0.25, -0.2) is 0 Å². The summed E-state index contributed by atoms with van der Waals surface area (Å²) in [6.07, 6.45) is 10.6. The molecular weight excluding hydrogens is 588 g/mol. The lowest BCUT2D eigenvalue weighted by atomic mass is 9.34. The summed E-state index contributed by atoms with van der Waals surface area (Å²) in [6, 6.07) is 9.86. The van der Waals surface area contributed by atoms with Crippen molar-refractivity contribution in [1.29, 1.82) is 0 Å². The highest BCUT2D eigenvalue weighted by atomic mass is 79.9. The SMILES string of the molecule is CC1(C)C(=O)C(Br)=C[C@]2(C)C3=CC(=O)C4C5C[C@@](C)(C(=O)OCc6ccccc6)CC[C@]5(C)CC[C@@]4(C)[C@]3(C)CCC12. The molecule has 0 heterocycles.